The van der Waals surface area contributed by atoms with Gasteiger partial charge in [0.15, 0.2) is 11.5 Å². The zero-order chi connectivity index (χ0) is 19.8. The van der Waals surface area contributed by atoms with E-state index in [0.29, 0.717) is 13.2 Å². The molecule has 1 N–H and O–H groups in total. The summed E-state index contributed by atoms with van der Waals surface area (Å²) >= 11 is 0. The maximum atomic E-state index is 6.14. The Morgan fingerprint density at radius 2 is 1.45 bits per heavy atom. The van der Waals surface area contributed by atoms with Crippen LogP contribution in [0, 0.1) is 6.92 Å². The van der Waals surface area contributed by atoms with Crippen molar-refractivity contribution >= 4 is 12.4 Å². The van der Waals surface area contributed by atoms with E-state index in [1.807, 2.05) is 24.3 Å². The molecule has 0 aliphatic rings. The second kappa shape index (κ2) is 11.3. The van der Waals surface area contributed by atoms with Crippen LogP contribution in [0.1, 0.15) is 22.3 Å². The molecule has 3 aromatic carbocycles. The molecule has 3 aromatic rings. The fraction of sp³-hybridized carbons (Fsp3) is 0.250. The molecule has 0 aliphatic heterocycles. The number of hydrogen-bond acceptors (Lipinski definition) is 4. The smallest absolute Gasteiger partial charge is 0.166 e. The van der Waals surface area contributed by atoms with Crippen LogP contribution in [0.2, 0.25) is 0 Å². The Labute approximate surface area is 179 Å². The zero-order valence-electron chi connectivity index (χ0n) is 17.1. The van der Waals surface area contributed by atoms with Crippen LogP contribution in [-0.4, -0.2) is 14.2 Å². The standard InChI is InChI=1S/C24H27NO3.ClH/c1-18-7-9-20(10-8-18)17-28-24-21(5-4-6-23(24)27-3)16-25-15-19-11-13-22(26-2)14-12-19;/h4-14,25H,15-17H2,1-3H3;1H. The topological polar surface area (TPSA) is 39.7 Å². The van der Waals surface area contributed by atoms with Gasteiger partial charge < -0.3 is 19.5 Å². The molecule has 5 heteroatoms. The van der Waals surface area contributed by atoms with Crippen molar-refractivity contribution in [1.29, 1.82) is 0 Å². The summed E-state index contributed by atoms with van der Waals surface area (Å²) in [5.41, 5.74) is 4.64. The van der Waals surface area contributed by atoms with Crippen molar-refractivity contribution in [1.82, 2.24) is 5.32 Å². The number of benzene rings is 3. The fourth-order valence-corrected chi connectivity index (χ4v) is 2.95. The second-order valence-electron chi connectivity index (χ2n) is 6.67. The Bertz CT molecular complexity index is 880. The van der Waals surface area contributed by atoms with Crippen molar-refractivity contribution in [2.75, 3.05) is 14.2 Å². The molecule has 0 unspecified atom stereocenters. The van der Waals surface area contributed by atoms with E-state index < -0.39 is 0 Å². The lowest BCUT2D eigenvalue weighted by Crippen LogP contribution is -2.14. The molecule has 0 aliphatic carbocycles. The molecule has 154 valence electrons. The number of hydrogen-bond donors (Lipinski definition) is 1. The third kappa shape index (κ3) is 6.41. The van der Waals surface area contributed by atoms with Gasteiger partial charge in [0.1, 0.15) is 12.4 Å². The molecule has 0 bridgehead atoms. The first kappa shape index (κ1) is 22.6. The highest BCUT2D eigenvalue weighted by molar-refractivity contribution is 5.85. The summed E-state index contributed by atoms with van der Waals surface area (Å²) in [6.07, 6.45) is 0. The lowest BCUT2D eigenvalue weighted by atomic mass is 10.1. The summed E-state index contributed by atoms with van der Waals surface area (Å²) in [7, 11) is 3.34. The fourth-order valence-electron chi connectivity index (χ4n) is 2.95. The van der Waals surface area contributed by atoms with Crippen LogP contribution in [-0.2, 0) is 19.7 Å². The summed E-state index contributed by atoms with van der Waals surface area (Å²) < 4.78 is 16.9. The van der Waals surface area contributed by atoms with Crippen molar-refractivity contribution in [3.63, 3.8) is 0 Å². The highest BCUT2D eigenvalue weighted by atomic mass is 35.5. The van der Waals surface area contributed by atoms with E-state index in [9.17, 15) is 0 Å². The minimum Gasteiger partial charge on any atom is -0.497 e. The van der Waals surface area contributed by atoms with Gasteiger partial charge in [-0.3, -0.25) is 0 Å². The third-order valence-corrected chi connectivity index (χ3v) is 4.59. The Morgan fingerprint density at radius 1 is 0.759 bits per heavy atom. The van der Waals surface area contributed by atoms with E-state index in [-0.39, 0.29) is 12.4 Å². The van der Waals surface area contributed by atoms with Crippen molar-refractivity contribution in [3.05, 3.63) is 89.0 Å². The Kier molecular flexibility index (Phi) is 8.84. The predicted octanol–water partition coefficient (Wildman–Crippen LogP) is 5.30. The molecular weight excluding hydrogens is 386 g/mol. The minimum absolute atomic E-state index is 0. The quantitative estimate of drug-likeness (QED) is 0.516. The first-order valence-corrected chi connectivity index (χ1v) is 9.37. The average molecular weight is 414 g/mol. The molecule has 0 saturated carbocycles. The maximum absolute atomic E-state index is 6.14. The molecule has 29 heavy (non-hydrogen) atoms. The maximum Gasteiger partial charge on any atom is 0.166 e. The van der Waals surface area contributed by atoms with Gasteiger partial charge in [0.2, 0.25) is 0 Å². The molecule has 0 saturated heterocycles. The van der Waals surface area contributed by atoms with Crippen LogP contribution in [0.15, 0.2) is 66.7 Å². The van der Waals surface area contributed by atoms with Crippen molar-refractivity contribution in [2.24, 2.45) is 0 Å². The van der Waals surface area contributed by atoms with Crippen molar-refractivity contribution in [2.45, 2.75) is 26.6 Å². The van der Waals surface area contributed by atoms with Gasteiger partial charge in [0.25, 0.3) is 0 Å². The monoisotopic (exact) mass is 413 g/mol. The van der Waals surface area contributed by atoms with Crippen LogP contribution in [0.3, 0.4) is 0 Å². The highest BCUT2D eigenvalue weighted by Gasteiger charge is 2.11. The van der Waals surface area contributed by atoms with E-state index in [1.165, 1.54) is 11.1 Å². The minimum atomic E-state index is 0. The van der Waals surface area contributed by atoms with Crippen molar-refractivity contribution < 1.29 is 14.2 Å². The van der Waals surface area contributed by atoms with Crippen LogP contribution >= 0.6 is 12.4 Å². The summed E-state index contributed by atoms with van der Waals surface area (Å²) in [6.45, 7) is 4.04. The SMILES string of the molecule is COc1ccc(CNCc2cccc(OC)c2OCc2ccc(C)cc2)cc1.Cl. The van der Waals surface area contributed by atoms with Crippen LogP contribution in [0.5, 0.6) is 17.2 Å². The molecule has 0 spiro atoms. The van der Waals surface area contributed by atoms with Gasteiger partial charge >= 0.3 is 0 Å². The Hall–Kier alpha value is -2.69. The summed E-state index contributed by atoms with van der Waals surface area (Å²) in [6, 6.07) is 22.4. The van der Waals surface area contributed by atoms with E-state index in [2.05, 4.69) is 54.7 Å². The largest absolute Gasteiger partial charge is 0.497 e. The lowest BCUT2D eigenvalue weighted by molar-refractivity contribution is 0.280. The van der Waals surface area contributed by atoms with Gasteiger partial charge in [-0.15, -0.1) is 12.4 Å². The van der Waals surface area contributed by atoms with Crippen molar-refractivity contribution in [3.8, 4) is 17.2 Å². The van der Waals surface area contributed by atoms with Gasteiger partial charge in [-0.1, -0.05) is 54.1 Å². The summed E-state index contributed by atoms with van der Waals surface area (Å²) in [5.74, 6) is 2.40. The molecule has 0 atom stereocenters. The number of nitrogens with one attached hydrogen (secondary N) is 1. The number of halogens is 1. The molecule has 0 heterocycles. The van der Waals surface area contributed by atoms with Crippen LogP contribution in [0.4, 0.5) is 0 Å². The Balaban J connectivity index is 0.00000300. The molecule has 0 aromatic heterocycles. The van der Waals surface area contributed by atoms with E-state index in [0.717, 1.165) is 34.9 Å². The van der Waals surface area contributed by atoms with E-state index in [1.54, 1.807) is 14.2 Å². The lowest BCUT2D eigenvalue weighted by Gasteiger charge is -2.16. The normalized spacial score (nSPS) is 10.2. The number of rotatable bonds is 9. The number of ether oxygens (including phenoxy) is 3. The van der Waals surface area contributed by atoms with Gasteiger partial charge in [-0.25, -0.2) is 0 Å². The summed E-state index contributed by atoms with van der Waals surface area (Å²) in [4.78, 5) is 0. The zero-order valence-corrected chi connectivity index (χ0v) is 17.9. The third-order valence-electron chi connectivity index (χ3n) is 4.59. The number of para-hydroxylation sites is 1. The number of aryl methyl sites for hydroxylation is 1. The molecule has 0 amide bonds. The van der Waals surface area contributed by atoms with Gasteiger partial charge in [-0.2, -0.15) is 0 Å². The molecule has 0 fully saturated rings. The second-order valence-corrected chi connectivity index (χ2v) is 6.67. The van der Waals surface area contributed by atoms with Crippen LogP contribution < -0.4 is 19.5 Å². The molecular formula is C24H28ClNO3. The van der Waals surface area contributed by atoms with Gasteiger partial charge in [0.05, 0.1) is 14.2 Å². The predicted molar refractivity (Wildman–Crippen MR) is 119 cm³/mol. The number of methoxy groups -OCH3 is 2. The molecule has 0 radical (unpaired) electrons. The van der Waals surface area contributed by atoms with Gasteiger partial charge in [0, 0.05) is 18.7 Å². The highest BCUT2D eigenvalue weighted by Crippen LogP contribution is 2.32. The average Bonchev–Trinajstić information content (AvgIpc) is 2.74. The van der Waals surface area contributed by atoms with E-state index in [4.69, 9.17) is 14.2 Å². The molecule has 3 rings (SSSR count). The van der Waals surface area contributed by atoms with Gasteiger partial charge in [-0.05, 0) is 36.2 Å². The Morgan fingerprint density at radius 3 is 2.10 bits per heavy atom. The van der Waals surface area contributed by atoms with Crippen LogP contribution in [0.25, 0.3) is 0 Å². The first-order chi connectivity index (χ1) is 13.7. The summed E-state index contributed by atoms with van der Waals surface area (Å²) in [5, 5.41) is 3.48. The van der Waals surface area contributed by atoms with E-state index >= 15 is 0 Å². The molecule has 4 nitrogen and oxygen atoms in total. The first-order valence-electron chi connectivity index (χ1n) is 9.37.